The third kappa shape index (κ3) is 2.57. The van der Waals surface area contributed by atoms with Crippen LogP contribution in [0.3, 0.4) is 0 Å². The van der Waals surface area contributed by atoms with Gasteiger partial charge in [-0.1, -0.05) is 0 Å². The van der Waals surface area contributed by atoms with E-state index in [1.165, 1.54) is 22.1 Å². The lowest BCUT2D eigenvalue weighted by Gasteiger charge is -2.19. The van der Waals surface area contributed by atoms with Crippen LogP contribution in [-0.4, -0.2) is 49.3 Å². The molecule has 0 saturated carbocycles. The number of aromatic amines is 1. The summed E-state index contributed by atoms with van der Waals surface area (Å²) in [5.41, 5.74) is 0.159. The van der Waals surface area contributed by atoms with Crippen LogP contribution in [0, 0.1) is 6.92 Å². The molecule has 2 N–H and O–H groups in total. The van der Waals surface area contributed by atoms with E-state index in [-0.39, 0.29) is 29.4 Å². The maximum absolute atomic E-state index is 12.0. The molecule has 1 saturated heterocycles. The van der Waals surface area contributed by atoms with E-state index in [0.29, 0.717) is 18.6 Å². The van der Waals surface area contributed by atoms with Crippen LogP contribution in [0.1, 0.15) is 19.0 Å². The summed E-state index contributed by atoms with van der Waals surface area (Å²) in [6, 6.07) is 0. The van der Waals surface area contributed by atoms with Crippen molar-refractivity contribution in [1.82, 2.24) is 29.7 Å². The van der Waals surface area contributed by atoms with Gasteiger partial charge in [0.05, 0.1) is 19.2 Å². The van der Waals surface area contributed by atoms with Crippen molar-refractivity contribution in [3.63, 3.8) is 0 Å². The number of hydrogen-bond acceptors (Lipinski definition) is 5. The number of H-pyrrole nitrogens is 1. The van der Waals surface area contributed by atoms with Crippen molar-refractivity contribution in [2.45, 2.75) is 19.0 Å². The normalized spacial score (nSPS) is 16.2. The fraction of sp³-hybridized carbons (Fsp3) is 0.385. The van der Waals surface area contributed by atoms with Crippen LogP contribution in [0.15, 0.2) is 17.4 Å². The Hall–Kier alpha value is -2.71. The molecule has 0 aromatic carbocycles. The van der Waals surface area contributed by atoms with E-state index in [1.54, 1.807) is 0 Å². The SMILES string of the molecule is [CH2]C(NC(=O)CN1CCCC1=O)n1cnc2c(=O)[nH]cnc21. The van der Waals surface area contributed by atoms with Gasteiger partial charge in [0.1, 0.15) is 6.17 Å². The maximum atomic E-state index is 12.0. The number of aromatic nitrogens is 4. The van der Waals surface area contributed by atoms with E-state index < -0.39 is 6.17 Å². The lowest BCUT2D eigenvalue weighted by atomic mass is 10.4. The molecule has 1 unspecified atom stereocenters. The van der Waals surface area contributed by atoms with Gasteiger partial charge in [-0.3, -0.25) is 19.0 Å². The molecular formula is C13H15N6O3. The van der Waals surface area contributed by atoms with Crippen molar-refractivity contribution in [3.8, 4) is 0 Å². The molecule has 2 aromatic heterocycles. The number of rotatable bonds is 4. The second-order valence-electron chi connectivity index (χ2n) is 5.06. The lowest BCUT2D eigenvalue weighted by Crippen LogP contribution is -2.40. The molecule has 22 heavy (non-hydrogen) atoms. The Morgan fingerprint density at radius 3 is 3.00 bits per heavy atom. The number of nitrogens with zero attached hydrogens (tertiary/aromatic N) is 4. The van der Waals surface area contributed by atoms with Gasteiger partial charge in [-0.15, -0.1) is 0 Å². The highest BCUT2D eigenvalue weighted by atomic mass is 16.2. The fourth-order valence-corrected chi connectivity index (χ4v) is 2.44. The van der Waals surface area contributed by atoms with Crippen molar-refractivity contribution in [3.05, 3.63) is 29.9 Å². The number of carbonyl (C=O) groups excluding carboxylic acids is 2. The minimum Gasteiger partial charge on any atom is -0.334 e. The zero-order chi connectivity index (χ0) is 15.7. The van der Waals surface area contributed by atoms with Crippen LogP contribution in [-0.2, 0) is 9.59 Å². The largest absolute Gasteiger partial charge is 0.334 e. The average molecular weight is 303 g/mol. The number of hydrogen-bond donors (Lipinski definition) is 2. The summed E-state index contributed by atoms with van der Waals surface area (Å²) in [6.07, 6.45) is 3.25. The molecule has 3 heterocycles. The van der Waals surface area contributed by atoms with Crippen molar-refractivity contribution in [2.75, 3.05) is 13.1 Å². The van der Waals surface area contributed by atoms with Crippen molar-refractivity contribution >= 4 is 23.0 Å². The van der Waals surface area contributed by atoms with E-state index in [4.69, 9.17) is 0 Å². The monoisotopic (exact) mass is 303 g/mol. The number of carbonyl (C=O) groups is 2. The van der Waals surface area contributed by atoms with Crippen LogP contribution in [0.4, 0.5) is 0 Å². The van der Waals surface area contributed by atoms with Crippen LogP contribution in [0.25, 0.3) is 11.2 Å². The summed E-state index contributed by atoms with van der Waals surface area (Å²) in [4.78, 5) is 47.0. The Bertz CT molecular complexity index is 779. The van der Waals surface area contributed by atoms with Crippen molar-refractivity contribution in [2.24, 2.45) is 0 Å². The predicted molar refractivity (Wildman–Crippen MR) is 76.5 cm³/mol. The zero-order valence-corrected chi connectivity index (χ0v) is 11.8. The van der Waals surface area contributed by atoms with Gasteiger partial charge in [0.25, 0.3) is 5.56 Å². The summed E-state index contributed by atoms with van der Waals surface area (Å²) >= 11 is 0. The molecule has 1 atom stereocenters. The van der Waals surface area contributed by atoms with Crippen molar-refractivity contribution in [1.29, 1.82) is 0 Å². The third-order valence-electron chi connectivity index (χ3n) is 3.53. The topological polar surface area (TPSA) is 113 Å². The quantitative estimate of drug-likeness (QED) is 0.767. The molecule has 9 nitrogen and oxygen atoms in total. The van der Waals surface area contributed by atoms with E-state index in [0.717, 1.165) is 6.42 Å². The van der Waals surface area contributed by atoms with Gasteiger partial charge in [0.2, 0.25) is 11.8 Å². The van der Waals surface area contributed by atoms with Gasteiger partial charge in [-0.2, -0.15) is 0 Å². The molecule has 115 valence electrons. The molecule has 9 heteroatoms. The zero-order valence-electron chi connectivity index (χ0n) is 11.8. The molecule has 2 aromatic rings. The first-order valence-electron chi connectivity index (χ1n) is 6.86. The van der Waals surface area contributed by atoms with Gasteiger partial charge < -0.3 is 15.2 Å². The summed E-state index contributed by atoms with van der Waals surface area (Å²) in [5, 5.41) is 2.67. The summed E-state index contributed by atoms with van der Waals surface area (Å²) in [5.74, 6) is -0.334. The first-order chi connectivity index (χ1) is 10.6. The maximum Gasteiger partial charge on any atom is 0.278 e. The first kappa shape index (κ1) is 14.2. The Morgan fingerprint density at radius 2 is 2.27 bits per heavy atom. The minimum absolute atomic E-state index is 0.00545. The number of fused-ring (bicyclic) bond motifs is 1. The number of likely N-dealkylation sites (tertiary alicyclic amines) is 1. The van der Waals surface area contributed by atoms with Crippen LogP contribution in [0.5, 0.6) is 0 Å². The number of imidazole rings is 1. The summed E-state index contributed by atoms with van der Waals surface area (Å²) < 4.78 is 1.49. The van der Waals surface area contributed by atoms with E-state index >= 15 is 0 Å². The highest BCUT2D eigenvalue weighted by Crippen LogP contribution is 2.11. The number of nitrogens with one attached hydrogen (secondary N) is 2. The Labute approximate surface area is 125 Å². The molecule has 1 radical (unpaired) electrons. The third-order valence-corrected chi connectivity index (χ3v) is 3.53. The highest BCUT2D eigenvalue weighted by Gasteiger charge is 2.23. The molecule has 1 aliphatic rings. The van der Waals surface area contributed by atoms with Gasteiger partial charge in [-0.25, -0.2) is 9.97 Å². The molecule has 0 spiro atoms. The Balaban J connectivity index is 1.72. The standard InChI is InChI=1S/C13H15N6O3/c1-8(17-9(20)5-18-4-2-3-10(18)21)19-7-16-11-12(19)14-6-15-13(11)22/h6-8H,1-5H2,(H,17,20)(H,14,15,22). The van der Waals surface area contributed by atoms with E-state index in [9.17, 15) is 14.4 Å². The van der Waals surface area contributed by atoms with Gasteiger partial charge in [-0.05, 0) is 13.3 Å². The average Bonchev–Trinajstić information content (AvgIpc) is 3.07. The van der Waals surface area contributed by atoms with E-state index in [2.05, 4.69) is 27.2 Å². The fourth-order valence-electron chi connectivity index (χ4n) is 2.44. The van der Waals surface area contributed by atoms with Gasteiger partial charge in [0, 0.05) is 13.0 Å². The summed E-state index contributed by atoms with van der Waals surface area (Å²) in [6.45, 7) is 4.43. The van der Waals surface area contributed by atoms with Crippen LogP contribution in [0.2, 0.25) is 0 Å². The molecule has 1 fully saturated rings. The number of amides is 2. The van der Waals surface area contributed by atoms with Crippen molar-refractivity contribution < 1.29 is 9.59 Å². The second kappa shape index (κ2) is 5.58. The smallest absolute Gasteiger partial charge is 0.278 e. The molecule has 2 amide bonds. The van der Waals surface area contributed by atoms with E-state index in [1.807, 2.05) is 0 Å². The van der Waals surface area contributed by atoms with Crippen LogP contribution < -0.4 is 10.9 Å². The molecule has 0 aliphatic carbocycles. The minimum atomic E-state index is -0.676. The summed E-state index contributed by atoms with van der Waals surface area (Å²) in [7, 11) is 0. The molecule has 0 bridgehead atoms. The molecule has 3 rings (SSSR count). The van der Waals surface area contributed by atoms with Gasteiger partial charge >= 0.3 is 0 Å². The van der Waals surface area contributed by atoms with Crippen LogP contribution >= 0.6 is 0 Å². The van der Waals surface area contributed by atoms with Gasteiger partial charge in [0.15, 0.2) is 11.2 Å². The predicted octanol–water partition coefficient (Wildman–Crippen LogP) is -0.809. The Morgan fingerprint density at radius 1 is 1.45 bits per heavy atom. The molecule has 1 aliphatic heterocycles. The lowest BCUT2D eigenvalue weighted by molar-refractivity contribution is -0.133. The molecular weight excluding hydrogens is 288 g/mol. The first-order valence-corrected chi connectivity index (χ1v) is 6.86. The Kier molecular flexibility index (Phi) is 3.61. The highest BCUT2D eigenvalue weighted by molar-refractivity contribution is 5.86. The second-order valence-corrected chi connectivity index (χ2v) is 5.06.